The highest BCUT2D eigenvalue weighted by molar-refractivity contribution is 6.30. The summed E-state index contributed by atoms with van der Waals surface area (Å²) in [6.45, 7) is 0.802. The Labute approximate surface area is 117 Å². The van der Waals surface area contributed by atoms with Gasteiger partial charge in [0.15, 0.2) is 0 Å². The van der Waals surface area contributed by atoms with Crippen molar-refractivity contribution in [3.8, 4) is 0 Å². The summed E-state index contributed by atoms with van der Waals surface area (Å²) in [5.41, 5.74) is 0.916. The first kappa shape index (κ1) is 15.3. The summed E-state index contributed by atoms with van der Waals surface area (Å²) in [6, 6.07) is 7.01. The molecule has 0 saturated heterocycles. The van der Waals surface area contributed by atoms with Crippen LogP contribution in [0.3, 0.4) is 0 Å². The Morgan fingerprint density at radius 1 is 1.42 bits per heavy atom. The highest BCUT2D eigenvalue weighted by atomic mass is 35.5. The molecule has 0 aromatic heterocycles. The van der Waals surface area contributed by atoms with Crippen LogP contribution in [0.4, 0.5) is 4.79 Å². The summed E-state index contributed by atoms with van der Waals surface area (Å²) in [6.07, 6.45) is 0.502. The van der Waals surface area contributed by atoms with Crippen LogP contribution in [0.1, 0.15) is 18.4 Å². The van der Waals surface area contributed by atoms with Gasteiger partial charge in [-0.1, -0.05) is 23.7 Å². The summed E-state index contributed by atoms with van der Waals surface area (Å²) in [4.78, 5) is 23.5. The minimum Gasteiger partial charge on any atom is -0.481 e. The number of hydrogen-bond acceptors (Lipinski definition) is 2. The minimum atomic E-state index is -0.854. The van der Waals surface area contributed by atoms with Crippen molar-refractivity contribution in [3.63, 3.8) is 0 Å². The number of carbonyl (C=O) groups is 2. The molecule has 5 nitrogen and oxygen atoms in total. The van der Waals surface area contributed by atoms with E-state index in [2.05, 4.69) is 5.32 Å². The maximum Gasteiger partial charge on any atom is 0.317 e. The molecule has 2 N–H and O–H groups in total. The van der Waals surface area contributed by atoms with Gasteiger partial charge in [0.05, 0.1) is 0 Å². The third-order valence-electron chi connectivity index (χ3n) is 2.56. The molecule has 0 saturated carbocycles. The van der Waals surface area contributed by atoms with Crippen molar-refractivity contribution in [2.45, 2.75) is 19.4 Å². The number of urea groups is 1. The Morgan fingerprint density at radius 3 is 2.79 bits per heavy atom. The molecule has 0 heterocycles. The van der Waals surface area contributed by atoms with Crippen molar-refractivity contribution in [1.82, 2.24) is 10.2 Å². The number of carboxylic acid groups (broad SMARTS) is 1. The van der Waals surface area contributed by atoms with Gasteiger partial charge in [-0.05, 0) is 24.1 Å². The van der Waals surface area contributed by atoms with Crippen LogP contribution >= 0.6 is 11.6 Å². The first-order valence-corrected chi connectivity index (χ1v) is 6.32. The second-order valence-electron chi connectivity index (χ2n) is 4.21. The summed E-state index contributed by atoms with van der Waals surface area (Å²) >= 11 is 5.84. The molecule has 104 valence electrons. The number of hydrogen-bond donors (Lipinski definition) is 2. The lowest BCUT2D eigenvalue weighted by Gasteiger charge is -2.17. The van der Waals surface area contributed by atoms with Crippen molar-refractivity contribution < 1.29 is 14.7 Å². The fourth-order valence-electron chi connectivity index (χ4n) is 1.53. The summed E-state index contributed by atoms with van der Waals surface area (Å²) in [7, 11) is 1.63. The second kappa shape index (κ2) is 7.63. The average molecular weight is 285 g/mol. The van der Waals surface area contributed by atoms with E-state index in [0.717, 1.165) is 5.56 Å². The van der Waals surface area contributed by atoms with Crippen LogP contribution in [0, 0.1) is 0 Å². The molecule has 1 rings (SSSR count). The van der Waals surface area contributed by atoms with Crippen LogP contribution in [-0.2, 0) is 11.3 Å². The summed E-state index contributed by atoms with van der Waals surface area (Å²) in [5, 5.41) is 11.9. The van der Waals surface area contributed by atoms with Gasteiger partial charge < -0.3 is 15.3 Å². The van der Waals surface area contributed by atoms with Crippen molar-refractivity contribution in [1.29, 1.82) is 0 Å². The fourth-order valence-corrected chi connectivity index (χ4v) is 1.74. The monoisotopic (exact) mass is 284 g/mol. The van der Waals surface area contributed by atoms with Gasteiger partial charge in [-0.15, -0.1) is 0 Å². The van der Waals surface area contributed by atoms with Gasteiger partial charge in [0.2, 0.25) is 0 Å². The smallest absolute Gasteiger partial charge is 0.317 e. The van der Waals surface area contributed by atoms with Crippen LogP contribution in [0.15, 0.2) is 24.3 Å². The Hall–Kier alpha value is -1.75. The third kappa shape index (κ3) is 6.10. The number of nitrogens with zero attached hydrogens (tertiary/aromatic N) is 1. The average Bonchev–Trinajstić information content (AvgIpc) is 2.35. The Bertz CT molecular complexity index is 451. The molecule has 0 radical (unpaired) electrons. The standard InChI is InChI=1S/C13H17ClN2O3/c1-16(7-3-6-12(17)18)13(19)15-9-10-4-2-5-11(14)8-10/h2,4-5,8H,3,6-7,9H2,1H3,(H,15,19)(H,17,18). The first-order chi connectivity index (χ1) is 8.99. The quantitative estimate of drug-likeness (QED) is 0.842. The topological polar surface area (TPSA) is 69.6 Å². The lowest BCUT2D eigenvalue weighted by atomic mass is 10.2. The first-order valence-electron chi connectivity index (χ1n) is 5.94. The molecule has 0 atom stereocenters. The number of carboxylic acids is 1. The molecule has 1 aromatic carbocycles. The fraction of sp³-hybridized carbons (Fsp3) is 0.385. The highest BCUT2D eigenvalue weighted by Gasteiger charge is 2.08. The van der Waals surface area contributed by atoms with Gasteiger partial charge in [-0.3, -0.25) is 4.79 Å². The van der Waals surface area contributed by atoms with Crippen molar-refractivity contribution in [3.05, 3.63) is 34.9 Å². The number of halogens is 1. The number of amides is 2. The Balaban J connectivity index is 2.32. The lowest BCUT2D eigenvalue weighted by molar-refractivity contribution is -0.137. The molecule has 0 bridgehead atoms. The van der Waals surface area contributed by atoms with Gasteiger partial charge in [0.1, 0.15) is 0 Å². The molecule has 0 aliphatic heterocycles. The normalized spacial score (nSPS) is 10.0. The van der Waals surface area contributed by atoms with Crippen LogP contribution < -0.4 is 5.32 Å². The third-order valence-corrected chi connectivity index (χ3v) is 2.80. The van der Waals surface area contributed by atoms with Gasteiger partial charge in [-0.25, -0.2) is 4.79 Å². The lowest BCUT2D eigenvalue weighted by Crippen LogP contribution is -2.37. The molecule has 0 aliphatic rings. The molecule has 2 amide bonds. The molecule has 0 unspecified atom stereocenters. The molecule has 19 heavy (non-hydrogen) atoms. The molecule has 0 fully saturated rings. The molecule has 0 spiro atoms. The molecule has 1 aromatic rings. The largest absolute Gasteiger partial charge is 0.481 e. The van der Waals surface area contributed by atoms with Crippen molar-refractivity contribution in [2.24, 2.45) is 0 Å². The van der Waals surface area contributed by atoms with E-state index in [1.807, 2.05) is 12.1 Å². The van der Waals surface area contributed by atoms with Crippen molar-refractivity contribution in [2.75, 3.05) is 13.6 Å². The van der Waals surface area contributed by atoms with Gasteiger partial charge >= 0.3 is 12.0 Å². The minimum absolute atomic E-state index is 0.0614. The molecule has 6 heteroatoms. The van der Waals surface area contributed by atoms with E-state index in [1.165, 1.54) is 4.90 Å². The zero-order valence-corrected chi connectivity index (χ0v) is 11.5. The van der Waals surface area contributed by atoms with E-state index in [0.29, 0.717) is 24.5 Å². The summed E-state index contributed by atoms with van der Waals surface area (Å²) < 4.78 is 0. The van der Waals surface area contributed by atoms with Crippen LogP contribution in [0.25, 0.3) is 0 Å². The van der Waals surface area contributed by atoms with Crippen LogP contribution in [-0.4, -0.2) is 35.6 Å². The van der Waals surface area contributed by atoms with Crippen molar-refractivity contribution >= 4 is 23.6 Å². The number of rotatable bonds is 6. The van der Waals surface area contributed by atoms with Gasteiger partial charge in [0, 0.05) is 31.6 Å². The highest BCUT2D eigenvalue weighted by Crippen LogP contribution is 2.10. The van der Waals surface area contributed by atoms with E-state index >= 15 is 0 Å². The van der Waals surface area contributed by atoms with E-state index in [-0.39, 0.29) is 12.5 Å². The van der Waals surface area contributed by atoms with Gasteiger partial charge in [-0.2, -0.15) is 0 Å². The maximum atomic E-state index is 11.7. The Kier molecular flexibility index (Phi) is 6.15. The Morgan fingerprint density at radius 2 is 2.16 bits per heavy atom. The number of nitrogens with one attached hydrogen (secondary N) is 1. The maximum absolute atomic E-state index is 11.7. The molecule has 0 aliphatic carbocycles. The van der Waals surface area contributed by atoms with Crippen LogP contribution in [0.2, 0.25) is 5.02 Å². The molecular weight excluding hydrogens is 268 g/mol. The zero-order chi connectivity index (χ0) is 14.3. The van der Waals surface area contributed by atoms with E-state index < -0.39 is 5.97 Å². The second-order valence-corrected chi connectivity index (χ2v) is 4.64. The zero-order valence-electron chi connectivity index (χ0n) is 10.7. The van der Waals surface area contributed by atoms with Gasteiger partial charge in [0.25, 0.3) is 0 Å². The SMILES string of the molecule is CN(CCCC(=O)O)C(=O)NCc1cccc(Cl)c1. The number of aliphatic carboxylic acids is 1. The van der Waals surface area contributed by atoms with Crippen LogP contribution in [0.5, 0.6) is 0 Å². The number of benzene rings is 1. The van der Waals surface area contributed by atoms with E-state index in [9.17, 15) is 9.59 Å². The summed E-state index contributed by atoms with van der Waals surface area (Å²) in [5.74, 6) is -0.854. The predicted octanol–water partition coefficient (Wildman–Crippen LogP) is 2.35. The predicted molar refractivity (Wildman–Crippen MR) is 73.2 cm³/mol. The number of carbonyl (C=O) groups excluding carboxylic acids is 1. The molecular formula is C13H17ClN2O3. The van der Waals surface area contributed by atoms with E-state index in [1.54, 1.807) is 19.2 Å². The van der Waals surface area contributed by atoms with E-state index in [4.69, 9.17) is 16.7 Å².